The molecule has 4 aliphatic rings. The van der Waals surface area contributed by atoms with Crippen LogP contribution >= 0.6 is 0 Å². The third kappa shape index (κ3) is 15.1. The average molecular weight is 1050 g/mol. The van der Waals surface area contributed by atoms with Crippen LogP contribution in [0.25, 0.3) is 10.8 Å². The Labute approximate surface area is 458 Å². The molecule has 5 atom stereocenters. The van der Waals surface area contributed by atoms with Gasteiger partial charge in [0.25, 0.3) is 11.8 Å². The van der Waals surface area contributed by atoms with E-state index in [0.717, 1.165) is 125 Å². The Morgan fingerprint density at radius 2 is 0.909 bits per heavy atom. The predicted octanol–water partition coefficient (Wildman–Crippen LogP) is 9.37. The number of likely N-dealkylation sites (N-methyl/N-ethyl adjacent to an activating group) is 1. The van der Waals surface area contributed by atoms with Crippen LogP contribution < -0.4 is 16.0 Å². The standard InChI is InChI=1S/C64H87N7O6/c1-45(2)59(72)66-57(49-25-13-7-14-26-49)63(76)70-37-19-17-29-55(70)43-68(39-35-47-21-9-5-10-22-47)61(74)53-33-31-52-42-54(34-32-51(52)41-53)62(75)69(40-36-48-23-11-6-12-24-48)44-56-30-18-20-38-71(56)64(77)58(50-27-15-8-16-28-50)67-60(73)46(3)65-4/h5-6,9-12,21-24,31-34,41-42,45-46,49-50,55-58,65H,7-8,13-20,25-30,35-40,43-44H2,1-4H3,(H,66,72)(H,67,73)/t46-,55-,56-,57-,58-/m0/s1. The molecule has 77 heavy (non-hydrogen) atoms. The van der Waals surface area contributed by atoms with Crippen LogP contribution in [0.5, 0.6) is 0 Å². The highest BCUT2D eigenvalue weighted by atomic mass is 16.2. The van der Waals surface area contributed by atoms with Crippen LogP contribution in [0.15, 0.2) is 97.1 Å². The zero-order valence-corrected chi connectivity index (χ0v) is 46.6. The van der Waals surface area contributed by atoms with Crippen LogP contribution in [0.4, 0.5) is 0 Å². The minimum absolute atomic E-state index is 0.0194. The lowest BCUT2D eigenvalue weighted by atomic mass is 9.82. The van der Waals surface area contributed by atoms with Crippen molar-refractivity contribution in [3.63, 3.8) is 0 Å². The van der Waals surface area contributed by atoms with E-state index in [1.807, 2.05) is 113 Å². The van der Waals surface area contributed by atoms with Gasteiger partial charge in [-0.1, -0.05) is 125 Å². The first-order valence-corrected chi connectivity index (χ1v) is 29.5. The Bertz CT molecular complexity index is 2600. The summed E-state index contributed by atoms with van der Waals surface area (Å²) in [6.07, 6.45) is 16.6. The number of piperidine rings is 2. The summed E-state index contributed by atoms with van der Waals surface area (Å²) < 4.78 is 0. The van der Waals surface area contributed by atoms with Crippen molar-refractivity contribution in [1.29, 1.82) is 0 Å². The van der Waals surface area contributed by atoms with E-state index in [0.29, 0.717) is 63.2 Å². The van der Waals surface area contributed by atoms with Crippen LogP contribution in [0.2, 0.25) is 0 Å². The molecule has 6 amide bonds. The van der Waals surface area contributed by atoms with E-state index in [1.54, 1.807) is 7.05 Å². The van der Waals surface area contributed by atoms with Gasteiger partial charge in [-0.3, -0.25) is 28.8 Å². The lowest BCUT2D eigenvalue weighted by molar-refractivity contribution is -0.142. The van der Waals surface area contributed by atoms with E-state index in [-0.39, 0.29) is 65.3 Å². The lowest BCUT2D eigenvalue weighted by Crippen LogP contribution is -2.60. The molecule has 13 heteroatoms. The largest absolute Gasteiger partial charge is 0.344 e. The van der Waals surface area contributed by atoms with Gasteiger partial charge >= 0.3 is 0 Å². The molecule has 2 heterocycles. The summed E-state index contributed by atoms with van der Waals surface area (Å²) >= 11 is 0. The molecular formula is C64H87N7O6. The summed E-state index contributed by atoms with van der Waals surface area (Å²) in [4.78, 5) is 93.9. The first-order valence-electron chi connectivity index (χ1n) is 29.5. The summed E-state index contributed by atoms with van der Waals surface area (Å²) in [6.45, 7) is 8.42. The molecule has 4 aromatic carbocycles. The number of hydrogen-bond acceptors (Lipinski definition) is 7. The number of benzene rings is 4. The lowest BCUT2D eigenvalue weighted by Gasteiger charge is -2.42. The highest BCUT2D eigenvalue weighted by Gasteiger charge is 2.41. The van der Waals surface area contributed by atoms with Gasteiger partial charge in [0, 0.05) is 68.4 Å². The highest BCUT2D eigenvalue weighted by molar-refractivity contribution is 6.02. The van der Waals surface area contributed by atoms with Gasteiger partial charge in [0.05, 0.1) is 6.04 Å². The van der Waals surface area contributed by atoms with Crippen molar-refractivity contribution in [2.24, 2.45) is 17.8 Å². The number of fused-ring (bicyclic) bond motifs is 1. The zero-order valence-electron chi connectivity index (χ0n) is 46.6. The first kappa shape index (κ1) is 57.1. The molecule has 0 aromatic heterocycles. The Hall–Kier alpha value is -6.08. The highest BCUT2D eigenvalue weighted by Crippen LogP contribution is 2.32. The number of nitrogens with one attached hydrogen (secondary N) is 3. The van der Waals surface area contributed by atoms with Gasteiger partial charge in [0.1, 0.15) is 12.1 Å². The number of amides is 6. The van der Waals surface area contributed by atoms with Crippen molar-refractivity contribution in [1.82, 2.24) is 35.6 Å². The first-order chi connectivity index (χ1) is 37.4. The van der Waals surface area contributed by atoms with E-state index in [2.05, 4.69) is 40.2 Å². The summed E-state index contributed by atoms with van der Waals surface area (Å²) in [5.74, 6) is -0.631. The van der Waals surface area contributed by atoms with Crippen LogP contribution in [0.1, 0.15) is 155 Å². The minimum Gasteiger partial charge on any atom is -0.344 e. The van der Waals surface area contributed by atoms with E-state index in [9.17, 15) is 28.8 Å². The number of carbonyl (C=O) groups excluding carboxylic acids is 6. The van der Waals surface area contributed by atoms with Crippen molar-refractivity contribution in [2.45, 2.75) is 167 Å². The summed E-state index contributed by atoms with van der Waals surface area (Å²) in [5, 5.41) is 11.1. The minimum atomic E-state index is -0.610. The molecule has 2 aliphatic heterocycles. The van der Waals surface area contributed by atoms with Crippen LogP contribution in [-0.4, -0.2) is 132 Å². The van der Waals surface area contributed by atoms with Gasteiger partial charge in [-0.15, -0.1) is 0 Å². The van der Waals surface area contributed by atoms with E-state index < -0.39 is 18.1 Å². The molecule has 2 saturated heterocycles. The topological polar surface area (TPSA) is 151 Å². The monoisotopic (exact) mass is 1050 g/mol. The molecule has 3 N–H and O–H groups in total. The van der Waals surface area contributed by atoms with Crippen molar-refractivity contribution >= 4 is 46.2 Å². The SMILES string of the molecule is CN[C@@H](C)C(=O)N[C@H](C(=O)N1CCCC[C@H]1CN(CCc1ccccc1)C(=O)c1ccc2cc(C(=O)N(CCc3ccccc3)C[C@@H]3CCCCN3C(=O)[C@@H](NC(=O)C(C)C)C3CCCCC3)ccc2c1)C1CCCCC1. The van der Waals surface area contributed by atoms with Crippen LogP contribution in [-0.2, 0) is 32.0 Å². The molecular weight excluding hydrogens is 963 g/mol. The average Bonchev–Trinajstić information content (AvgIpc) is 3.48. The van der Waals surface area contributed by atoms with Gasteiger partial charge < -0.3 is 35.6 Å². The number of likely N-dealkylation sites (tertiary alicyclic amines) is 2. The van der Waals surface area contributed by atoms with Gasteiger partial charge in [-0.2, -0.15) is 0 Å². The molecule has 414 valence electrons. The second kappa shape index (κ2) is 28.0. The molecule has 0 spiro atoms. The van der Waals surface area contributed by atoms with Gasteiger partial charge in [0.15, 0.2) is 0 Å². The molecule has 4 aromatic rings. The molecule has 4 fully saturated rings. The Morgan fingerprint density at radius 3 is 1.31 bits per heavy atom. The van der Waals surface area contributed by atoms with Gasteiger partial charge in [-0.05, 0) is 149 Å². The maximum absolute atomic E-state index is 15.0. The molecule has 2 saturated carbocycles. The Balaban J connectivity index is 1.03. The normalized spacial score (nSPS) is 19.8. The van der Waals surface area contributed by atoms with Gasteiger partial charge in [-0.25, -0.2) is 0 Å². The number of carbonyl (C=O) groups is 6. The smallest absolute Gasteiger partial charge is 0.253 e. The quantitative estimate of drug-likeness (QED) is 0.0753. The number of hydrogen-bond donors (Lipinski definition) is 3. The summed E-state index contributed by atoms with van der Waals surface area (Å²) in [5.41, 5.74) is 3.32. The van der Waals surface area contributed by atoms with Crippen molar-refractivity contribution in [2.75, 3.05) is 46.3 Å². The fraction of sp³-hybridized carbons (Fsp3) is 0.562. The molecule has 0 radical (unpaired) electrons. The fourth-order valence-electron chi connectivity index (χ4n) is 12.5. The van der Waals surface area contributed by atoms with Gasteiger partial charge in [0.2, 0.25) is 23.6 Å². The maximum atomic E-state index is 15.0. The van der Waals surface area contributed by atoms with Crippen molar-refractivity contribution in [3.05, 3.63) is 119 Å². The van der Waals surface area contributed by atoms with Crippen LogP contribution in [0.3, 0.4) is 0 Å². The van der Waals surface area contributed by atoms with Crippen LogP contribution in [0, 0.1) is 17.8 Å². The maximum Gasteiger partial charge on any atom is 0.253 e. The summed E-state index contributed by atoms with van der Waals surface area (Å²) in [7, 11) is 1.75. The second-order valence-electron chi connectivity index (χ2n) is 23.0. The predicted molar refractivity (Wildman–Crippen MR) is 305 cm³/mol. The Kier molecular flexibility index (Phi) is 20.8. The third-order valence-corrected chi connectivity index (χ3v) is 17.3. The third-order valence-electron chi connectivity index (χ3n) is 17.3. The number of nitrogens with zero attached hydrogens (tertiary/aromatic N) is 4. The number of rotatable bonds is 21. The summed E-state index contributed by atoms with van der Waals surface area (Å²) in [6, 6.07) is 29.8. The Morgan fingerprint density at radius 1 is 0.506 bits per heavy atom. The molecule has 2 aliphatic carbocycles. The van der Waals surface area contributed by atoms with E-state index in [4.69, 9.17) is 0 Å². The van der Waals surface area contributed by atoms with E-state index >= 15 is 0 Å². The molecule has 0 unspecified atom stereocenters. The molecule has 0 bridgehead atoms. The van der Waals surface area contributed by atoms with E-state index in [1.165, 1.54) is 0 Å². The van der Waals surface area contributed by atoms with Crippen molar-refractivity contribution < 1.29 is 28.8 Å². The molecule has 13 nitrogen and oxygen atoms in total. The second-order valence-corrected chi connectivity index (χ2v) is 23.0. The molecule has 8 rings (SSSR count). The zero-order chi connectivity index (χ0) is 54.3. The van der Waals surface area contributed by atoms with Crippen molar-refractivity contribution in [3.8, 4) is 0 Å². The fourth-order valence-corrected chi connectivity index (χ4v) is 12.5.